The van der Waals surface area contributed by atoms with E-state index >= 15 is 0 Å². The lowest BCUT2D eigenvalue weighted by Crippen LogP contribution is -2.04. The van der Waals surface area contributed by atoms with Gasteiger partial charge < -0.3 is 9.53 Å². The predicted octanol–water partition coefficient (Wildman–Crippen LogP) is 3.22. The molecular formula is C16H16O2. The Morgan fingerprint density at radius 2 is 1.72 bits per heavy atom. The lowest BCUT2D eigenvalue weighted by Gasteiger charge is -2.11. The minimum atomic E-state index is -0.0988. The number of aldehydes is 1. The van der Waals surface area contributed by atoms with Gasteiger partial charge in [-0.15, -0.1) is 0 Å². The van der Waals surface area contributed by atoms with Crippen LogP contribution in [-0.2, 0) is 11.2 Å². The highest BCUT2D eigenvalue weighted by Crippen LogP contribution is 2.21. The van der Waals surface area contributed by atoms with E-state index in [0.29, 0.717) is 0 Å². The van der Waals surface area contributed by atoms with E-state index in [0.717, 1.165) is 24.0 Å². The number of carbonyl (C=O) groups is 1. The van der Waals surface area contributed by atoms with Gasteiger partial charge in [0.25, 0.3) is 0 Å². The van der Waals surface area contributed by atoms with Crippen LogP contribution in [0.3, 0.4) is 0 Å². The van der Waals surface area contributed by atoms with Gasteiger partial charge >= 0.3 is 0 Å². The Hall–Kier alpha value is -2.09. The van der Waals surface area contributed by atoms with Crippen LogP contribution in [0.15, 0.2) is 54.6 Å². The van der Waals surface area contributed by atoms with Gasteiger partial charge in [0.1, 0.15) is 12.0 Å². The number of ether oxygens (including phenoxy) is 1. The van der Waals surface area contributed by atoms with Crippen LogP contribution >= 0.6 is 0 Å². The first kappa shape index (κ1) is 12.4. The zero-order chi connectivity index (χ0) is 12.8. The van der Waals surface area contributed by atoms with Crippen molar-refractivity contribution < 1.29 is 9.53 Å². The third-order valence-corrected chi connectivity index (χ3v) is 3.01. The molecule has 0 radical (unpaired) electrons. The van der Waals surface area contributed by atoms with Gasteiger partial charge in [0, 0.05) is 5.92 Å². The van der Waals surface area contributed by atoms with Crippen molar-refractivity contribution in [3.05, 3.63) is 65.7 Å². The lowest BCUT2D eigenvalue weighted by molar-refractivity contribution is -0.109. The number of carbonyl (C=O) groups excluding carboxylic acids is 1. The molecule has 0 aromatic heterocycles. The molecule has 1 unspecified atom stereocenters. The maximum atomic E-state index is 11.2. The van der Waals surface area contributed by atoms with Crippen molar-refractivity contribution >= 4 is 6.29 Å². The largest absolute Gasteiger partial charge is 0.497 e. The highest BCUT2D eigenvalue weighted by Gasteiger charge is 2.11. The first-order valence-corrected chi connectivity index (χ1v) is 5.96. The minimum absolute atomic E-state index is 0.0988. The lowest BCUT2D eigenvalue weighted by atomic mass is 9.93. The Kier molecular flexibility index (Phi) is 4.13. The minimum Gasteiger partial charge on any atom is -0.497 e. The molecule has 0 saturated heterocycles. The molecule has 2 nitrogen and oxygen atoms in total. The van der Waals surface area contributed by atoms with Crippen LogP contribution in [0, 0.1) is 0 Å². The number of rotatable bonds is 5. The molecule has 18 heavy (non-hydrogen) atoms. The van der Waals surface area contributed by atoms with E-state index in [9.17, 15) is 4.79 Å². The number of hydrogen-bond acceptors (Lipinski definition) is 2. The van der Waals surface area contributed by atoms with Crippen molar-refractivity contribution in [3.63, 3.8) is 0 Å². The van der Waals surface area contributed by atoms with Crippen molar-refractivity contribution in [2.24, 2.45) is 0 Å². The van der Waals surface area contributed by atoms with E-state index < -0.39 is 0 Å². The Morgan fingerprint density at radius 1 is 1.06 bits per heavy atom. The second kappa shape index (κ2) is 6.01. The van der Waals surface area contributed by atoms with E-state index in [2.05, 4.69) is 0 Å². The fourth-order valence-corrected chi connectivity index (χ4v) is 1.96. The second-order valence-corrected chi connectivity index (χ2v) is 4.21. The molecule has 2 rings (SSSR count). The van der Waals surface area contributed by atoms with E-state index in [4.69, 9.17) is 4.74 Å². The van der Waals surface area contributed by atoms with E-state index in [1.807, 2.05) is 54.6 Å². The SMILES string of the molecule is COc1ccc(C(C=O)Cc2ccccc2)cc1. The monoisotopic (exact) mass is 240 g/mol. The summed E-state index contributed by atoms with van der Waals surface area (Å²) in [5.74, 6) is 0.710. The summed E-state index contributed by atoms with van der Waals surface area (Å²) >= 11 is 0. The van der Waals surface area contributed by atoms with Crippen LogP contribution in [0.4, 0.5) is 0 Å². The molecule has 2 aromatic rings. The molecule has 0 heterocycles. The molecule has 0 N–H and O–H groups in total. The summed E-state index contributed by atoms with van der Waals surface area (Å²) in [7, 11) is 1.64. The van der Waals surface area contributed by atoms with Crippen LogP contribution in [-0.4, -0.2) is 13.4 Å². The smallest absolute Gasteiger partial charge is 0.127 e. The molecule has 0 saturated carbocycles. The number of benzene rings is 2. The second-order valence-electron chi connectivity index (χ2n) is 4.21. The van der Waals surface area contributed by atoms with E-state index in [-0.39, 0.29) is 5.92 Å². The Morgan fingerprint density at radius 3 is 2.28 bits per heavy atom. The average Bonchev–Trinajstić information content (AvgIpc) is 2.46. The standard InChI is InChI=1S/C16H16O2/c1-18-16-9-7-14(8-10-16)15(12-17)11-13-5-3-2-4-6-13/h2-10,12,15H,11H2,1H3. The van der Waals surface area contributed by atoms with Crippen LogP contribution < -0.4 is 4.74 Å². The van der Waals surface area contributed by atoms with Crippen LogP contribution in [0.5, 0.6) is 5.75 Å². The first-order chi connectivity index (χ1) is 8.83. The van der Waals surface area contributed by atoms with Gasteiger partial charge in [0.05, 0.1) is 7.11 Å². The summed E-state index contributed by atoms with van der Waals surface area (Å²) in [5, 5.41) is 0. The Bertz CT molecular complexity index is 488. The molecule has 2 heteroatoms. The highest BCUT2D eigenvalue weighted by atomic mass is 16.5. The summed E-state index contributed by atoms with van der Waals surface area (Å²) in [6.45, 7) is 0. The van der Waals surface area contributed by atoms with E-state index in [1.54, 1.807) is 7.11 Å². The van der Waals surface area contributed by atoms with Crippen LogP contribution in [0.2, 0.25) is 0 Å². The zero-order valence-corrected chi connectivity index (χ0v) is 10.4. The summed E-state index contributed by atoms with van der Waals surface area (Å²) in [5.41, 5.74) is 2.19. The van der Waals surface area contributed by atoms with Crippen molar-refractivity contribution in [1.82, 2.24) is 0 Å². The number of hydrogen-bond donors (Lipinski definition) is 0. The Labute approximate surface area is 107 Å². The van der Waals surface area contributed by atoms with Crippen molar-refractivity contribution in [3.8, 4) is 5.75 Å². The fraction of sp³-hybridized carbons (Fsp3) is 0.188. The van der Waals surface area contributed by atoms with Crippen LogP contribution in [0.25, 0.3) is 0 Å². The van der Waals surface area contributed by atoms with Gasteiger partial charge in [0.15, 0.2) is 0 Å². The molecule has 2 aromatic carbocycles. The molecule has 0 bridgehead atoms. The third-order valence-electron chi connectivity index (χ3n) is 3.01. The molecule has 1 atom stereocenters. The Balaban J connectivity index is 2.15. The van der Waals surface area contributed by atoms with Gasteiger partial charge in [-0.25, -0.2) is 0 Å². The maximum absolute atomic E-state index is 11.2. The van der Waals surface area contributed by atoms with Gasteiger partial charge in [-0.3, -0.25) is 0 Å². The molecule has 0 spiro atoms. The third kappa shape index (κ3) is 2.98. The quantitative estimate of drug-likeness (QED) is 0.750. The average molecular weight is 240 g/mol. The number of methoxy groups -OCH3 is 1. The molecule has 0 aliphatic heterocycles. The zero-order valence-electron chi connectivity index (χ0n) is 10.4. The first-order valence-electron chi connectivity index (χ1n) is 5.96. The summed E-state index contributed by atoms with van der Waals surface area (Å²) in [6, 6.07) is 17.7. The van der Waals surface area contributed by atoms with Crippen LogP contribution in [0.1, 0.15) is 17.0 Å². The van der Waals surface area contributed by atoms with Gasteiger partial charge in [0.2, 0.25) is 0 Å². The molecule has 0 aliphatic carbocycles. The maximum Gasteiger partial charge on any atom is 0.127 e. The summed E-state index contributed by atoms with van der Waals surface area (Å²) in [4.78, 5) is 11.2. The highest BCUT2D eigenvalue weighted by molar-refractivity contribution is 5.63. The van der Waals surface area contributed by atoms with Crippen molar-refractivity contribution in [1.29, 1.82) is 0 Å². The molecule has 0 fully saturated rings. The van der Waals surface area contributed by atoms with Crippen molar-refractivity contribution in [2.75, 3.05) is 7.11 Å². The van der Waals surface area contributed by atoms with Gasteiger partial charge in [-0.2, -0.15) is 0 Å². The molecule has 92 valence electrons. The summed E-state index contributed by atoms with van der Waals surface area (Å²) < 4.78 is 5.11. The topological polar surface area (TPSA) is 26.3 Å². The van der Waals surface area contributed by atoms with E-state index in [1.165, 1.54) is 5.56 Å². The molecule has 0 amide bonds. The van der Waals surface area contributed by atoms with Gasteiger partial charge in [-0.1, -0.05) is 42.5 Å². The normalized spacial score (nSPS) is 11.8. The molecule has 0 aliphatic rings. The van der Waals surface area contributed by atoms with Gasteiger partial charge in [-0.05, 0) is 29.7 Å². The fourth-order valence-electron chi connectivity index (χ4n) is 1.96. The molecular weight excluding hydrogens is 224 g/mol. The predicted molar refractivity (Wildman–Crippen MR) is 71.9 cm³/mol. The summed E-state index contributed by atoms with van der Waals surface area (Å²) in [6.07, 6.45) is 1.74. The van der Waals surface area contributed by atoms with Crippen molar-refractivity contribution in [2.45, 2.75) is 12.3 Å².